The maximum absolute atomic E-state index is 13.4. The molecule has 12 nitrogen and oxygen atoms in total. The third-order valence-corrected chi connectivity index (χ3v) is 7.62. The van der Waals surface area contributed by atoms with E-state index in [1.165, 1.54) is 12.1 Å². The molecule has 0 saturated carbocycles. The Labute approximate surface area is 235 Å². The zero-order valence-corrected chi connectivity index (χ0v) is 22.4. The Balaban J connectivity index is 1.58. The molecule has 0 fully saturated rings. The second kappa shape index (κ2) is 12.3. The average Bonchev–Trinajstić information content (AvgIpc) is 3.21. The molecule has 0 aromatic heterocycles. The number of nitrogen functional groups attached to an aromatic ring is 1. The summed E-state index contributed by atoms with van der Waals surface area (Å²) in [5.41, 5.74) is 8.12. The second-order valence-corrected chi connectivity index (χ2v) is 10.9. The van der Waals surface area contributed by atoms with Crippen LogP contribution in [-0.2, 0) is 37.2 Å². The standard InChI is InChI=1S/C28H27N5O7S/c29-20-8-4-5-9-21(20)30-26(35)22(31-27(36)23(32-28(37)38)14-17-6-2-1-3-7-17)15-18-10-12-19(13-11-18)24-16-25(34)33-41(24,39)40/h1-13,16,22-23,32H,14-15,29H2,(H,30,35)(H,31,36)(H,33,34)(H,37,38)/t22?,23-/m0/s1. The third-order valence-electron chi connectivity index (χ3n) is 6.21. The van der Waals surface area contributed by atoms with Gasteiger partial charge >= 0.3 is 6.09 Å². The summed E-state index contributed by atoms with van der Waals surface area (Å²) in [6.07, 6.45) is -0.408. The Bertz CT molecular complexity index is 1610. The first-order valence-corrected chi connectivity index (χ1v) is 13.9. The van der Waals surface area contributed by atoms with E-state index in [-0.39, 0.29) is 23.3 Å². The van der Waals surface area contributed by atoms with Gasteiger partial charge in [0.25, 0.3) is 15.9 Å². The molecule has 212 valence electrons. The van der Waals surface area contributed by atoms with Crippen LogP contribution in [0.15, 0.2) is 84.9 Å². The van der Waals surface area contributed by atoms with E-state index in [2.05, 4.69) is 16.0 Å². The van der Waals surface area contributed by atoms with Gasteiger partial charge in [-0.15, -0.1) is 0 Å². The lowest BCUT2D eigenvalue weighted by molar-refractivity contribution is -0.127. The fraction of sp³-hybridized carbons (Fsp3) is 0.143. The second-order valence-electron chi connectivity index (χ2n) is 9.21. The van der Waals surface area contributed by atoms with Gasteiger partial charge in [0.1, 0.15) is 17.0 Å². The maximum atomic E-state index is 13.4. The number of rotatable bonds is 10. The summed E-state index contributed by atoms with van der Waals surface area (Å²) in [6.45, 7) is 0. The highest BCUT2D eigenvalue weighted by Crippen LogP contribution is 2.25. The van der Waals surface area contributed by atoms with Gasteiger partial charge in [-0.05, 0) is 28.8 Å². The first-order valence-electron chi connectivity index (χ1n) is 12.4. The summed E-state index contributed by atoms with van der Waals surface area (Å²) >= 11 is 0. The quantitative estimate of drug-likeness (QED) is 0.195. The maximum Gasteiger partial charge on any atom is 0.405 e. The van der Waals surface area contributed by atoms with Crippen molar-refractivity contribution < 1.29 is 32.7 Å². The Kier molecular flexibility index (Phi) is 8.68. The normalized spacial score (nSPS) is 15.1. The van der Waals surface area contributed by atoms with E-state index in [1.54, 1.807) is 66.7 Å². The molecule has 1 heterocycles. The van der Waals surface area contributed by atoms with E-state index in [1.807, 2.05) is 4.72 Å². The average molecular weight is 578 g/mol. The number of amides is 4. The van der Waals surface area contributed by atoms with E-state index in [4.69, 9.17) is 5.73 Å². The number of nitrogens with one attached hydrogen (secondary N) is 4. The SMILES string of the molecule is Nc1ccccc1NC(=O)C(Cc1ccc(C2=CC(=O)NS2(=O)=O)cc1)NC(=O)[C@H](Cc1ccccc1)NC(=O)O. The molecule has 4 rings (SSSR count). The predicted octanol–water partition coefficient (Wildman–Crippen LogP) is 1.61. The van der Waals surface area contributed by atoms with Crippen molar-refractivity contribution in [1.29, 1.82) is 0 Å². The first kappa shape index (κ1) is 28.8. The molecule has 1 aliphatic heterocycles. The molecule has 0 radical (unpaired) electrons. The molecule has 2 atom stereocenters. The molecule has 1 aliphatic rings. The van der Waals surface area contributed by atoms with Gasteiger partial charge in [-0.3, -0.25) is 14.4 Å². The molecule has 13 heteroatoms. The van der Waals surface area contributed by atoms with Gasteiger partial charge in [0, 0.05) is 18.9 Å². The van der Waals surface area contributed by atoms with Gasteiger partial charge in [-0.25, -0.2) is 17.9 Å². The molecule has 1 unspecified atom stereocenters. The van der Waals surface area contributed by atoms with Gasteiger partial charge in [0.15, 0.2) is 0 Å². The van der Waals surface area contributed by atoms with E-state index in [0.29, 0.717) is 22.5 Å². The molecule has 41 heavy (non-hydrogen) atoms. The molecule has 3 aromatic rings. The third kappa shape index (κ3) is 7.48. The Hall–Kier alpha value is -5.17. The molecule has 0 saturated heterocycles. The van der Waals surface area contributed by atoms with Gasteiger partial charge < -0.3 is 26.8 Å². The van der Waals surface area contributed by atoms with Gasteiger partial charge in [-0.1, -0.05) is 66.7 Å². The fourth-order valence-corrected chi connectivity index (χ4v) is 5.36. The summed E-state index contributed by atoms with van der Waals surface area (Å²) in [7, 11) is -3.96. The minimum atomic E-state index is -3.96. The van der Waals surface area contributed by atoms with Crippen molar-refractivity contribution in [3.8, 4) is 0 Å². The van der Waals surface area contributed by atoms with Crippen LogP contribution in [-0.4, -0.2) is 49.4 Å². The smallest absolute Gasteiger partial charge is 0.405 e. The zero-order valence-electron chi connectivity index (χ0n) is 21.5. The largest absolute Gasteiger partial charge is 0.465 e. The number of anilines is 2. The highest BCUT2D eigenvalue weighted by molar-refractivity contribution is 7.99. The van der Waals surface area contributed by atoms with E-state index in [0.717, 1.165) is 6.08 Å². The van der Waals surface area contributed by atoms with Gasteiger partial charge in [0.2, 0.25) is 11.8 Å². The van der Waals surface area contributed by atoms with Crippen molar-refractivity contribution >= 4 is 50.1 Å². The van der Waals surface area contributed by atoms with Crippen molar-refractivity contribution in [2.24, 2.45) is 0 Å². The lowest BCUT2D eigenvalue weighted by atomic mass is 10.0. The topological polar surface area (TPSA) is 197 Å². The number of para-hydroxylation sites is 2. The van der Waals surface area contributed by atoms with Crippen molar-refractivity contribution in [3.05, 3.63) is 102 Å². The van der Waals surface area contributed by atoms with Crippen LogP contribution in [0.25, 0.3) is 4.91 Å². The molecular formula is C28H27N5O7S. The van der Waals surface area contributed by atoms with E-state index in [9.17, 15) is 32.7 Å². The van der Waals surface area contributed by atoms with Crippen LogP contribution < -0.4 is 26.4 Å². The van der Waals surface area contributed by atoms with Crippen LogP contribution in [0.5, 0.6) is 0 Å². The molecule has 0 aliphatic carbocycles. The Morgan fingerprint density at radius 1 is 0.805 bits per heavy atom. The van der Waals surface area contributed by atoms with Crippen LogP contribution in [0.3, 0.4) is 0 Å². The highest BCUT2D eigenvalue weighted by atomic mass is 32.2. The van der Waals surface area contributed by atoms with Gasteiger partial charge in [-0.2, -0.15) is 0 Å². The number of hydrogen-bond acceptors (Lipinski definition) is 7. The molecule has 3 aromatic carbocycles. The monoisotopic (exact) mass is 577 g/mol. The number of benzene rings is 3. The number of carbonyl (C=O) groups excluding carboxylic acids is 3. The van der Waals surface area contributed by atoms with Crippen LogP contribution >= 0.6 is 0 Å². The number of carboxylic acid groups (broad SMARTS) is 1. The number of hydrogen-bond donors (Lipinski definition) is 6. The van der Waals surface area contributed by atoms with Crippen molar-refractivity contribution in [2.75, 3.05) is 11.1 Å². The minimum absolute atomic E-state index is 0.0291. The molecule has 4 amide bonds. The Morgan fingerprint density at radius 2 is 1.39 bits per heavy atom. The van der Waals surface area contributed by atoms with Crippen LogP contribution in [0, 0.1) is 0 Å². The fourth-order valence-electron chi connectivity index (χ4n) is 4.21. The molecule has 0 spiro atoms. The van der Waals surface area contributed by atoms with Crippen molar-refractivity contribution in [1.82, 2.24) is 15.4 Å². The van der Waals surface area contributed by atoms with Gasteiger partial charge in [0.05, 0.1) is 11.4 Å². The summed E-state index contributed by atoms with van der Waals surface area (Å²) < 4.78 is 26.2. The summed E-state index contributed by atoms with van der Waals surface area (Å²) in [6, 6.07) is 19.1. The summed E-state index contributed by atoms with van der Waals surface area (Å²) in [5, 5.41) is 16.9. The lowest BCUT2D eigenvalue weighted by Gasteiger charge is -2.23. The number of sulfonamides is 1. The predicted molar refractivity (Wildman–Crippen MR) is 152 cm³/mol. The van der Waals surface area contributed by atoms with E-state index < -0.39 is 45.9 Å². The van der Waals surface area contributed by atoms with E-state index >= 15 is 0 Å². The van der Waals surface area contributed by atoms with Crippen LogP contribution in [0.1, 0.15) is 16.7 Å². The molecular weight excluding hydrogens is 550 g/mol. The van der Waals surface area contributed by atoms with Crippen molar-refractivity contribution in [3.63, 3.8) is 0 Å². The number of nitrogens with two attached hydrogens (primary N) is 1. The van der Waals surface area contributed by atoms with Crippen LogP contribution in [0.4, 0.5) is 16.2 Å². The number of carbonyl (C=O) groups is 4. The Morgan fingerprint density at radius 3 is 1.98 bits per heavy atom. The molecule has 7 N–H and O–H groups in total. The minimum Gasteiger partial charge on any atom is -0.465 e. The molecule has 0 bridgehead atoms. The van der Waals surface area contributed by atoms with Crippen molar-refractivity contribution in [2.45, 2.75) is 24.9 Å². The first-order chi connectivity index (χ1) is 19.5. The summed E-state index contributed by atoms with van der Waals surface area (Å²) in [5.74, 6) is -2.07. The zero-order chi connectivity index (χ0) is 29.6. The summed E-state index contributed by atoms with van der Waals surface area (Å²) in [4.78, 5) is 49.4. The lowest BCUT2D eigenvalue weighted by Crippen LogP contribution is -2.53. The highest BCUT2D eigenvalue weighted by Gasteiger charge is 2.30. The van der Waals surface area contributed by atoms with Crippen LogP contribution in [0.2, 0.25) is 0 Å².